The Bertz CT molecular complexity index is 1070. The first-order valence-electron chi connectivity index (χ1n) is 8.98. The summed E-state index contributed by atoms with van der Waals surface area (Å²) in [6.07, 6.45) is 3.89. The normalized spacial score (nSPS) is 10.9. The Hall–Kier alpha value is -3.93. The molecule has 138 valence electrons. The fraction of sp³-hybridized carbons (Fsp3) is 0.0455. The van der Waals surface area contributed by atoms with Gasteiger partial charge in [-0.05, 0) is 30.7 Å². The number of nitrogens with zero attached hydrogens (tertiary/aromatic N) is 3. The Morgan fingerprint density at radius 3 is 2.11 bits per heavy atom. The van der Waals surface area contributed by atoms with Gasteiger partial charge in [0.1, 0.15) is 11.6 Å². The molecular formula is C22H20N6. The van der Waals surface area contributed by atoms with E-state index in [1.54, 1.807) is 0 Å². The van der Waals surface area contributed by atoms with Crippen molar-refractivity contribution < 1.29 is 0 Å². The molecule has 0 unspecified atom stereocenters. The standard InChI is InChI=1S/C22H20N6/c1-16-14-22(28-27-16)26-21-15-20(23-18-10-6-3-7-11-18)24-19(25-21)13-12-17-8-4-2-5-9-17/h2-15H,1H3,(H3,23,24,25,26,27,28)/b13-12+. The molecule has 0 atom stereocenters. The van der Waals surface area contributed by atoms with Gasteiger partial charge in [-0.3, -0.25) is 5.10 Å². The fourth-order valence-corrected chi connectivity index (χ4v) is 2.69. The molecule has 4 rings (SSSR count). The van der Waals surface area contributed by atoms with E-state index in [1.807, 2.05) is 91.9 Å². The topological polar surface area (TPSA) is 78.5 Å². The lowest BCUT2D eigenvalue weighted by Crippen LogP contribution is -2.01. The van der Waals surface area contributed by atoms with Gasteiger partial charge in [0.05, 0.1) is 0 Å². The number of aryl methyl sites for hydroxylation is 1. The highest BCUT2D eigenvalue weighted by Gasteiger charge is 2.06. The van der Waals surface area contributed by atoms with Gasteiger partial charge in [-0.1, -0.05) is 54.6 Å². The van der Waals surface area contributed by atoms with Gasteiger partial charge in [0.15, 0.2) is 11.6 Å². The van der Waals surface area contributed by atoms with E-state index in [4.69, 9.17) is 0 Å². The zero-order chi connectivity index (χ0) is 19.2. The maximum Gasteiger partial charge on any atom is 0.156 e. The second-order valence-corrected chi connectivity index (χ2v) is 6.29. The second kappa shape index (κ2) is 8.18. The number of anilines is 4. The molecule has 4 aromatic rings. The molecule has 0 saturated heterocycles. The van der Waals surface area contributed by atoms with Crippen LogP contribution in [0.3, 0.4) is 0 Å². The molecule has 2 aromatic carbocycles. The number of rotatable bonds is 6. The third-order valence-corrected chi connectivity index (χ3v) is 3.98. The van der Waals surface area contributed by atoms with Crippen LogP contribution in [-0.4, -0.2) is 20.2 Å². The first kappa shape index (κ1) is 17.5. The van der Waals surface area contributed by atoms with E-state index in [0.717, 1.165) is 16.9 Å². The van der Waals surface area contributed by atoms with Gasteiger partial charge in [0, 0.05) is 23.5 Å². The van der Waals surface area contributed by atoms with Crippen LogP contribution in [0.2, 0.25) is 0 Å². The van der Waals surface area contributed by atoms with Crippen molar-refractivity contribution in [3.63, 3.8) is 0 Å². The minimum absolute atomic E-state index is 0.597. The highest BCUT2D eigenvalue weighted by atomic mass is 15.2. The summed E-state index contributed by atoms with van der Waals surface area (Å²) in [7, 11) is 0. The van der Waals surface area contributed by atoms with E-state index in [9.17, 15) is 0 Å². The van der Waals surface area contributed by atoms with E-state index >= 15 is 0 Å². The third kappa shape index (κ3) is 4.62. The summed E-state index contributed by atoms with van der Waals surface area (Å²) in [5.74, 6) is 2.66. The summed E-state index contributed by atoms with van der Waals surface area (Å²) in [6.45, 7) is 1.95. The monoisotopic (exact) mass is 368 g/mol. The smallest absolute Gasteiger partial charge is 0.156 e. The highest BCUT2D eigenvalue weighted by molar-refractivity contribution is 5.69. The van der Waals surface area contributed by atoms with E-state index < -0.39 is 0 Å². The zero-order valence-electron chi connectivity index (χ0n) is 15.4. The van der Waals surface area contributed by atoms with Gasteiger partial charge in [-0.2, -0.15) is 5.10 Å². The number of para-hydroxylation sites is 1. The fourth-order valence-electron chi connectivity index (χ4n) is 2.69. The van der Waals surface area contributed by atoms with Crippen LogP contribution in [0.5, 0.6) is 0 Å². The van der Waals surface area contributed by atoms with Crippen LogP contribution >= 0.6 is 0 Å². The molecule has 0 aliphatic carbocycles. The lowest BCUT2D eigenvalue weighted by atomic mass is 10.2. The number of aromatic nitrogens is 4. The molecule has 3 N–H and O–H groups in total. The van der Waals surface area contributed by atoms with E-state index in [1.165, 1.54) is 0 Å². The number of hydrogen-bond acceptors (Lipinski definition) is 5. The van der Waals surface area contributed by atoms with Gasteiger partial charge in [-0.25, -0.2) is 9.97 Å². The lowest BCUT2D eigenvalue weighted by Gasteiger charge is -2.09. The molecule has 0 aliphatic heterocycles. The molecule has 6 nitrogen and oxygen atoms in total. The minimum atomic E-state index is 0.597. The van der Waals surface area contributed by atoms with Crippen molar-refractivity contribution in [1.82, 2.24) is 20.2 Å². The summed E-state index contributed by atoms with van der Waals surface area (Å²) >= 11 is 0. The second-order valence-electron chi connectivity index (χ2n) is 6.29. The van der Waals surface area contributed by atoms with Gasteiger partial charge >= 0.3 is 0 Å². The van der Waals surface area contributed by atoms with Crippen LogP contribution in [0.1, 0.15) is 17.1 Å². The molecule has 2 heterocycles. The third-order valence-electron chi connectivity index (χ3n) is 3.98. The average Bonchev–Trinajstić information content (AvgIpc) is 3.12. The van der Waals surface area contributed by atoms with E-state index in [0.29, 0.717) is 23.3 Å². The molecule has 2 aromatic heterocycles. The van der Waals surface area contributed by atoms with Crippen molar-refractivity contribution in [2.75, 3.05) is 10.6 Å². The molecule has 0 bridgehead atoms. The summed E-state index contributed by atoms with van der Waals surface area (Å²) < 4.78 is 0. The van der Waals surface area contributed by atoms with Crippen molar-refractivity contribution in [2.45, 2.75) is 6.92 Å². The Kier molecular flexibility index (Phi) is 5.11. The van der Waals surface area contributed by atoms with Crippen LogP contribution in [0.4, 0.5) is 23.1 Å². The lowest BCUT2D eigenvalue weighted by molar-refractivity contribution is 1.04. The van der Waals surface area contributed by atoms with Gasteiger partial charge in [-0.15, -0.1) is 0 Å². The first-order valence-corrected chi connectivity index (χ1v) is 8.98. The Morgan fingerprint density at radius 1 is 0.750 bits per heavy atom. The zero-order valence-corrected chi connectivity index (χ0v) is 15.4. The quantitative estimate of drug-likeness (QED) is 0.438. The molecule has 0 spiro atoms. The van der Waals surface area contributed by atoms with Crippen molar-refractivity contribution in [3.8, 4) is 0 Å². The molecule has 0 aliphatic rings. The van der Waals surface area contributed by atoms with Crippen LogP contribution < -0.4 is 10.6 Å². The highest BCUT2D eigenvalue weighted by Crippen LogP contribution is 2.20. The number of aromatic amines is 1. The van der Waals surface area contributed by atoms with E-state index in [-0.39, 0.29) is 0 Å². The largest absolute Gasteiger partial charge is 0.340 e. The molecule has 28 heavy (non-hydrogen) atoms. The molecule has 6 heteroatoms. The number of H-pyrrole nitrogens is 1. The number of benzene rings is 2. The summed E-state index contributed by atoms with van der Waals surface area (Å²) in [4.78, 5) is 9.21. The van der Waals surface area contributed by atoms with Crippen molar-refractivity contribution in [3.05, 3.63) is 89.9 Å². The maximum atomic E-state index is 4.61. The van der Waals surface area contributed by atoms with Gasteiger partial charge in [0.25, 0.3) is 0 Å². The number of hydrogen-bond donors (Lipinski definition) is 3. The first-order chi connectivity index (χ1) is 13.7. The average molecular weight is 368 g/mol. The predicted octanol–water partition coefficient (Wildman–Crippen LogP) is 5.17. The predicted molar refractivity (Wildman–Crippen MR) is 114 cm³/mol. The number of nitrogens with one attached hydrogen (secondary N) is 3. The minimum Gasteiger partial charge on any atom is -0.340 e. The van der Waals surface area contributed by atoms with Crippen LogP contribution in [0.15, 0.2) is 72.8 Å². The van der Waals surface area contributed by atoms with Crippen LogP contribution in [0, 0.1) is 6.92 Å². The van der Waals surface area contributed by atoms with Crippen molar-refractivity contribution in [2.24, 2.45) is 0 Å². The maximum absolute atomic E-state index is 4.61. The summed E-state index contributed by atoms with van der Waals surface area (Å²) in [5, 5.41) is 13.7. The van der Waals surface area contributed by atoms with Crippen molar-refractivity contribution >= 4 is 35.3 Å². The Balaban J connectivity index is 1.64. The van der Waals surface area contributed by atoms with E-state index in [2.05, 4.69) is 30.8 Å². The van der Waals surface area contributed by atoms with Crippen LogP contribution in [0.25, 0.3) is 12.2 Å². The molecular weight excluding hydrogens is 348 g/mol. The Labute approximate surface area is 163 Å². The molecule has 0 saturated carbocycles. The van der Waals surface area contributed by atoms with Crippen LogP contribution in [-0.2, 0) is 0 Å². The molecule has 0 amide bonds. The summed E-state index contributed by atoms with van der Waals surface area (Å²) in [5.41, 5.74) is 3.02. The molecule has 0 radical (unpaired) electrons. The Morgan fingerprint density at radius 2 is 1.43 bits per heavy atom. The van der Waals surface area contributed by atoms with Gasteiger partial charge < -0.3 is 10.6 Å². The SMILES string of the molecule is Cc1cc(Nc2cc(Nc3ccccc3)nc(/C=C/c3ccccc3)n2)n[nH]1. The van der Waals surface area contributed by atoms with Gasteiger partial charge in [0.2, 0.25) is 0 Å². The summed E-state index contributed by atoms with van der Waals surface area (Å²) in [6, 6.07) is 23.8. The van der Waals surface area contributed by atoms with Crippen molar-refractivity contribution in [1.29, 1.82) is 0 Å². The molecule has 0 fully saturated rings.